The van der Waals surface area contributed by atoms with Crippen molar-refractivity contribution in [3.05, 3.63) is 21.9 Å². The van der Waals surface area contributed by atoms with Gasteiger partial charge in [0.2, 0.25) is 0 Å². The molecule has 1 unspecified atom stereocenters. The molecule has 0 radical (unpaired) electrons. The zero-order valence-electron chi connectivity index (χ0n) is 9.35. The number of hydrogen-bond donors (Lipinski definition) is 2. The van der Waals surface area contributed by atoms with Crippen molar-refractivity contribution in [1.29, 1.82) is 0 Å². The van der Waals surface area contributed by atoms with Crippen LogP contribution < -0.4 is 5.32 Å². The largest absolute Gasteiger partial charge is 0.477 e. The molecule has 1 aliphatic heterocycles. The number of carbonyl (C=O) groups is 1. The fourth-order valence-electron chi connectivity index (χ4n) is 1.68. The lowest BCUT2D eigenvalue weighted by Gasteiger charge is -2.23. The Bertz CT molecular complexity index is 373. The molecule has 6 heteroatoms. The van der Waals surface area contributed by atoms with Crippen LogP contribution in [-0.2, 0) is 16.0 Å². The molecule has 1 fully saturated rings. The van der Waals surface area contributed by atoms with E-state index in [1.165, 1.54) is 11.3 Å². The van der Waals surface area contributed by atoms with E-state index in [1.807, 2.05) is 6.07 Å². The Hall–Kier alpha value is -0.950. The summed E-state index contributed by atoms with van der Waals surface area (Å²) in [5.74, 6) is -0.867. The minimum absolute atomic E-state index is 0.0654. The van der Waals surface area contributed by atoms with Crippen LogP contribution in [0, 0.1) is 0 Å². The first-order valence-electron chi connectivity index (χ1n) is 5.47. The second-order valence-electron chi connectivity index (χ2n) is 3.78. The highest BCUT2D eigenvalue weighted by atomic mass is 32.1. The zero-order chi connectivity index (χ0) is 12.1. The highest BCUT2D eigenvalue weighted by Crippen LogP contribution is 2.16. The molecule has 0 aromatic carbocycles. The van der Waals surface area contributed by atoms with E-state index in [0.717, 1.165) is 5.56 Å². The first kappa shape index (κ1) is 12.5. The van der Waals surface area contributed by atoms with Crippen LogP contribution in [0.25, 0.3) is 0 Å². The summed E-state index contributed by atoms with van der Waals surface area (Å²) in [4.78, 5) is 11.3. The number of hydrogen-bond acceptors (Lipinski definition) is 5. The third-order valence-corrected chi connectivity index (χ3v) is 3.46. The molecule has 1 aromatic heterocycles. The van der Waals surface area contributed by atoms with Gasteiger partial charge in [0.15, 0.2) is 0 Å². The van der Waals surface area contributed by atoms with Crippen molar-refractivity contribution in [2.75, 3.05) is 26.4 Å². The van der Waals surface area contributed by atoms with Crippen LogP contribution in [0.3, 0.4) is 0 Å². The fourth-order valence-corrected chi connectivity index (χ4v) is 2.45. The molecule has 1 aliphatic rings. The summed E-state index contributed by atoms with van der Waals surface area (Å²) in [6, 6.07) is 1.83. The number of rotatable bonds is 5. The molecule has 0 saturated carbocycles. The van der Waals surface area contributed by atoms with Gasteiger partial charge in [-0.05, 0) is 17.0 Å². The topological polar surface area (TPSA) is 67.8 Å². The monoisotopic (exact) mass is 257 g/mol. The average Bonchev–Trinajstić information content (AvgIpc) is 2.79. The summed E-state index contributed by atoms with van der Waals surface area (Å²) >= 11 is 1.25. The summed E-state index contributed by atoms with van der Waals surface area (Å²) < 4.78 is 10.7. The highest BCUT2D eigenvalue weighted by molar-refractivity contribution is 7.12. The van der Waals surface area contributed by atoms with Gasteiger partial charge in [-0.25, -0.2) is 4.79 Å². The van der Waals surface area contributed by atoms with Crippen LogP contribution in [0.15, 0.2) is 11.4 Å². The van der Waals surface area contributed by atoms with Gasteiger partial charge in [0, 0.05) is 13.1 Å². The summed E-state index contributed by atoms with van der Waals surface area (Å²) in [6.07, 6.45) is 0.0654. The van der Waals surface area contributed by atoms with Crippen LogP contribution in [-0.4, -0.2) is 43.5 Å². The van der Waals surface area contributed by atoms with Gasteiger partial charge in [-0.3, -0.25) is 0 Å². The van der Waals surface area contributed by atoms with Crippen molar-refractivity contribution < 1.29 is 19.4 Å². The highest BCUT2D eigenvalue weighted by Gasteiger charge is 2.15. The minimum Gasteiger partial charge on any atom is -0.477 e. The molecule has 0 bridgehead atoms. The van der Waals surface area contributed by atoms with Crippen LogP contribution >= 0.6 is 11.3 Å². The molecule has 0 aliphatic carbocycles. The maximum absolute atomic E-state index is 10.9. The van der Waals surface area contributed by atoms with E-state index in [2.05, 4.69) is 5.32 Å². The Morgan fingerprint density at radius 2 is 2.47 bits per heavy atom. The maximum Gasteiger partial charge on any atom is 0.346 e. The Kier molecular flexibility index (Phi) is 4.49. The number of nitrogens with one attached hydrogen (secondary N) is 1. The second kappa shape index (κ2) is 6.11. The Morgan fingerprint density at radius 1 is 1.59 bits per heavy atom. The predicted molar refractivity (Wildman–Crippen MR) is 63.5 cm³/mol. The fraction of sp³-hybridized carbons (Fsp3) is 0.545. The molecule has 1 aromatic rings. The molecule has 17 heavy (non-hydrogen) atoms. The van der Waals surface area contributed by atoms with Gasteiger partial charge in [0.05, 0.1) is 25.9 Å². The van der Waals surface area contributed by atoms with E-state index in [-0.39, 0.29) is 6.10 Å². The van der Waals surface area contributed by atoms with Crippen LogP contribution in [0.1, 0.15) is 15.2 Å². The van der Waals surface area contributed by atoms with Gasteiger partial charge in [-0.15, -0.1) is 11.3 Å². The number of ether oxygens (including phenoxy) is 2. The molecule has 94 valence electrons. The van der Waals surface area contributed by atoms with Gasteiger partial charge in [0.25, 0.3) is 0 Å². The van der Waals surface area contributed by atoms with Crippen molar-refractivity contribution in [1.82, 2.24) is 5.32 Å². The molecule has 2 N–H and O–H groups in total. The first-order chi connectivity index (χ1) is 8.27. The van der Waals surface area contributed by atoms with Gasteiger partial charge >= 0.3 is 5.97 Å². The summed E-state index contributed by atoms with van der Waals surface area (Å²) in [5, 5.41) is 13.9. The second-order valence-corrected chi connectivity index (χ2v) is 4.69. The van der Waals surface area contributed by atoms with Crippen molar-refractivity contribution >= 4 is 17.3 Å². The van der Waals surface area contributed by atoms with Crippen molar-refractivity contribution in [3.8, 4) is 0 Å². The minimum atomic E-state index is -0.867. The van der Waals surface area contributed by atoms with Gasteiger partial charge in [0.1, 0.15) is 4.88 Å². The lowest BCUT2D eigenvalue weighted by molar-refractivity contribution is -0.0864. The van der Waals surface area contributed by atoms with E-state index < -0.39 is 5.97 Å². The van der Waals surface area contributed by atoms with Crippen molar-refractivity contribution in [2.24, 2.45) is 0 Å². The van der Waals surface area contributed by atoms with Crippen molar-refractivity contribution in [2.45, 2.75) is 12.6 Å². The standard InChI is InChI=1S/C11H15NO4S/c13-11(14)10-8(1-4-17-10)5-12-6-9-7-15-2-3-16-9/h1,4,9,12H,2-3,5-7H2,(H,13,14). The summed E-state index contributed by atoms with van der Waals surface area (Å²) in [7, 11) is 0. The van der Waals surface area contributed by atoms with Gasteiger partial charge in [-0.1, -0.05) is 0 Å². The molecule has 2 heterocycles. The molecule has 5 nitrogen and oxygen atoms in total. The predicted octanol–water partition coefficient (Wildman–Crippen LogP) is 0.951. The summed E-state index contributed by atoms with van der Waals surface area (Å²) in [5.41, 5.74) is 0.819. The van der Waals surface area contributed by atoms with E-state index in [1.54, 1.807) is 5.38 Å². The van der Waals surface area contributed by atoms with E-state index in [4.69, 9.17) is 14.6 Å². The molecule has 1 atom stereocenters. The molecular weight excluding hydrogens is 242 g/mol. The molecule has 1 saturated heterocycles. The lowest BCUT2D eigenvalue weighted by atomic mass is 10.2. The quantitative estimate of drug-likeness (QED) is 0.822. The van der Waals surface area contributed by atoms with Crippen molar-refractivity contribution in [3.63, 3.8) is 0 Å². The molecular formula is C11H15NO4S. The van der Waals surface area contributed by atoms with E-state index in [0.29, 0.717) is 37.8 Å². The smallest absolute Gasteiger partial charge is 0.346 e. The molecule has 0 spiro atoms. The van der Waals surface area contributed by atoms with E-state index >= 15 is 0 Å². The number of aromatic carboxylic acids is 1. The number of carboxylic acids is 1. The number of thiophene rings is 1. The van der Waals surface area contributed by atoms with Gasteiger partial charge in [-0.2, -0.15) is 0 Å². The first-order valence-corrected chi connectivity index (χ1v) is 6.35. The lowest BCUT2D eigenvalue weighted by Crippen LogP contribution is -2.37. The van der Waals surface area contributed by atoms with Crippen LogP contribution in [0.2, 0.25) is 0 Å². The average molecular weight is 257 g/mol. The molecule has 2 rings (SSSR count). The van der Waals surface area contributed by atoms with Crippen LogP contribution in [0.5, 0.6) is 0 Å². The van der Waals surface area contributed by atoms with Crippen LogP contribution in [0.4, 0.5) is 0 Å². The number of carboxylic acid groups (broad SMARTS) is 1. The normalized spacial score (nSPS) is 20.4. The SMILES string of the molecule is O=C(O)c1sccc1CNCC1COCCO1. The third-order valence-electron chi connectivity index (χ3n) is 2.51. The third kappa shape index (κ3) is 3.50. The van der Waals surface area contributed by atoms with E-state index in [9.17, 15) is 4.79 Å². The Balaban J connectivity index is 1.77. The summed E-state index contributed by atoms with van der Waals surface area (Å²) in [6.45, 7) is 3.11. The molecule has 0 amide bonds. The zero-order valence-corrected chi connectivity index (χ0v) is 10.2. The Labute approximate surface area is 103 Å². The van der Waals surface area contributed by atoms with Gasteiger partial charge < -0.3 is 19.9 Å². The maximum atomic E-state index is 10.9. The Morgan fingerprint density at radius 3 is 3.18 bits per heavy atom.